The molecule has 1 N–H and O–H groups in total. The highest BCUT2D eigenvalue weighted by Gasteiger charge is 2.77. The van der Waals surface area contributed by atoms with Gasteiger partial charge in [0, 0.05) is 42.4 Å². The number of allylic oxidation sites excluding steroid dienone is 1. The van der Waals surface area contributed by atoms with Gasteiger partial charge >= 0.3 is 11.9 Å². The van der Waals surface area contributed by atoms with Crippen LogP contribution in [0, 0.1) is 33.5 Å². The Labute approximate surface area is 218 Å². The number of furan rings is 1. The van der Waals surface area contributed by atoms with Crippen molar-refractivity contribution in [2.24, 2.45) is 33.5 Å². The highest BCUT2D eigenvalue weighted by Crippen LogP contribution is 2.75. The average Bonchev–Trinajstić information content (AvgIpc) is 3.53. The maximum absolute atomic E-state index is 12.4. The number of esters is 2. The van der Waals surface area contributed by atoms with E-state index in [4.69, 9.17) is 18.6 Å². The predicted molar refractivity (Wildman–Crippen MR) is 134 cm³/mol. The zero-order valence-corrected chi connectivity index (χ0v) is 22.8. The largest absolute Gasteiger partial charge is 0.472 e. The minimum Gasteiger partial charge on any atom is -0.472 e. The number of carbonyl (C=O) groups excluding carboxylic acids is 2. The molecule has 0 aromatic carbocycles. The smallest absolute Gasteiger partial charge is 0.302 e. The fourth-order valence-corrected chi connectivity index (χ4v) is 10.2. The number of hydrogen-bond acceptors (Lipinski definition) is 7. The molecule has 4 fully saturated rings. The molecule has 0 bridgehead atoms. The van der Waals surface area contributed by atoms with E-state index in [1.807, 2.05) is 6.26 Å². The lowest BCUT2D eigenvalue weighted by atomic mass is 9.36. The first-order valence-electron chi connectivity index (χ1n) is 13.8. The summed E-state index contributed by atoms with van der Waals surface area (Å²) >= 11 is 0. The minimum atomic E-state index is -0.722. The van der Waals surface area contributed by atoms with Crippen LogP contribution in [-0.4, -0.2) is 48.1 Å². The van der Waals surface area contributed by atoms with E-state index in [1.165, 1.54) is 25.0 Å². The van der Waals surface area contributed by atoms with E-state index in [0.29, 0.717) is 18.9 Å². The second-order valence-corrected chi connectivity index (χ2v) is 13.3. The van der Waals surface area contributed by atoms with Gasteiger partial charge in [-0.25, -0.2) is 0 Å². The lowest BCUT2D eigenvalue weighted by molar-refractivity contribution is -0.262. The Morgan fingerprint density at radius 3 is 2.43 bits per heavy atom. The Hall–Kier alpha value is -2.12. The van der Waals surface area contributed by atoms with Crippen molar-refractivity contribution in [3.63, 3.8) is 0 Å². The third-order valence-corrected chi connectivity index (χ3v) is 11.6. The van der Waals surface area contributed by atoms with Crippen LogP contribution in [0.15, 0.2) is 34.7 Å². The first-order chi connectivity index (χ1) is 17.4. The molecule has 1 aliphatic heterocycles. The van der Waals surface area contributed by atoms with Gasteiger partial charge in [0.25, 0.3) is 0 Å². The monoisotopic (exact) mass is 512 g/mol. The van der Waals surface area contributed by atoms with Crippen LogP contribution in [0.2, 0.25) is 0 Å². The summed E-state index contributed by atoms with van der Waals surface area (Å²) in [5.74, 6) is -0.430. The molecule has 1 saturated heterocycles. The average molecular weight is 513 g/mol. The van der Waals surface area contributed by atoms with Gasteiger partial charge in [-0.15, -0.1) is 0 Å². The van der Waals surface area contributed by atoms with Crippen LogP contribution in [0.1, 0.15) is 78.7 Å². The maximum atomic E-state index is 12.4. The highest BCUT2D eigenvalue weighted by atomic mass is 16.6. The van der Waals surface area contributed by atoms with Gasteiger partial charge in [0.1, 0.15) is 12.2 Å². The normalized spacial score (nSPS) is 49.9. The molecule has 6 rings (SSSR count). The van der Waals surface area contributed by atoms with E-state index in [9.17, 15) is 14.7 Å². The topological polar surface area (TPSA) is 95.2 Å². The summed E-state index contributed by atoms with van der Waals surface area (Å²) in [5.41, 5.74) is 0.924. The third-order valence-electron chi connectivity index (χ3n) is 11.6. The first kappa shape index (κ1) is 25.2. The van der Waals surface area contributed by atoms with E-state index in [2.05, 4.69) is 39.8 Å². The lowest BCUT2D eigenvalue weighted by Gasteiger charge is -2.69. The van der Waals surface area contributed by atoms with Crippen LogP contribution in [0.4, 0.5) is 0 Å². The second-order valence-electron chi connectivity index (χ2n) is 13.3. The van der Waals surface area contributed by atoms with Crippen molar-refractivity contribution in [3.8, 4) is 0 Å². The maximum Gasteiger partial charge on any atom is 0.302 e. The van der Waals surface area contributed by atoms with Gasteiger partial charge in [-0.3, -0.25) is 9.59 Å². The van der Waals surface area contributed by atoms with Gasteiger partial charge in [-0.2, -0.15) is 0 Å². The van der Waals surface area contributed by atoms with Gasteiger partial charge in [0.15, 0.2) is 0 Å². The molecule has 1 unspecified atom stereocenters. The third kappa shape index (κ3) is 3.07. The number of aliphatic hydroxyl groups excluding tert-OH is 1. The fourth-order valence-electron chi connectivity index (χ4n) is 10.2. The second kappa shape index (κ2) is 7.95. The highest BCUT2D eigenvalue weighted by molar-refractivity contribution is 5.67. The summed E-state index contributed by atoms with van der Waals surface area (Å²) in [6.45, 7) is 12.2. The molecule has 37 heavy (non-hydrogen) atoms. The van der Waals surface area contributed by atoms with E-state index >= 15 is 0 Å². The van der Waals surface area contributed by atoms with Crippen molar-refractivity contribution in [2.45, 2.75) is 97.6 Å². The molecule has 5 aliphatic rings. The molecule has 11 atom stereocenters. The van der Waals surface area contributed by atoms with Crippen molar-refractivity contribution in [3.05, 3.63) is 35.8 Å². The first-order valence-corrected chi connectivity index (χ1v) is 13.8. The van der Waals surface area contributed by atoms with E-state index in [1.54, 1.807) is 6.26 Å². The molecule has 0 spiro atoms. The van der Waals surface area contributed by atoms with Gasteiger partial charge in [-0.05, 0) is 48.1 Å². The van der Waals surface area contributed by atoms with Crippen LogP contribution >= 0.6 is 0 Å². The standard InChI is InChI=1S/C30H40O7/c1-16(31)36-22-13-23(37-17(2)32)30(6)21-9-11-27(3)19(18-10-12-34-14-18)7-8-20(27)29(21,5)26(33)24-25(30)28(22,4)15-35-24/h8,10,12,14,19,21-26,33H,7,9,11,13,15H2,1-6H3/t19-,21-,22+,23-,24+,25?,26+,27-,28+,29-,30-/m0/s1. The van der Waals surface area contributed by atoms with Crippen molar-refractivity contribution >= 4 is 11.9 Å². The molecule has 2 heterocycles. The number of fused-ring (bicyclic) bond motifs is 4. The van der Waals surface area contributed by atoms with Crippen molar-refractivity contribution in [1.29, 1.82) is 0 Å². The molecule has 7 heteroatoms. The molecular formula is C30H40O7. The lowest BCUT2D eigenvalue weighted by Crippen LogP contribution is -2.73. The molecule has 202 valence electrons. The summed E-state index contributed by atoms with van der Waals surface area (Å²) in [7, 11) is 0. The Morgan fingerprint density at radius 1 is 1.08 bits per heavy atom. The molecule has 1 aromatic heterocycles. The molecule has 4 aliphatic carbocycles. The number of ether oxygens (including phenoxy) is 3. The van der Waals surface area contributed by atoms with E-state index in [-0.39, 0.29) is 29.2 Å². The summed E-state index contributed by atoms with van der Waals surface area (Å²) in [6.07, 6.45) is 7.14. The summed E-state index contributed by atoms with van der Waals surface area (Å²) in [5, 5.41) is 12.2. The van der Waals surface area contributed by atoms with E-state index in [0.717, 1.165) is 19.3 Å². The van der Waals surface area contributed by atoms with Crippen molar-refractivity contribution < 1.29 is 33.3 Å². The van der Waals surface area contributed by atoms with Crippen molar-refractivity contribution in [1.82, 2.24) is 0 Å². The molecule has 3 saturated carbocycles. The van der Waals surface area contributed by atoms with E-state index < -0.39 is 40.7 Å². The Morgan fingerprint density at radius 2 is 1.78 bits per heavy atom. The molecular weight excluding hydrogens is 472 g/mol. The zero-order valence-electron chi connectivity index (χ0n) is 22.8. The number of hydrogen-bond donors (Lipinski definition) is 1. The fraction of sp³-hybridized carbons (Fsp3) is 0.733. The minimum absolute atomic E-state index is 0.0716. The Balaban J connectivity index is 1.48. The molecule has 0 radical (unpaired) electrons. The quantitative estimate of drug-likeness (QED) is 0.460. The Bertz CT molecular complexity index is 1140. The number of rotatable bonds is 3. The molecule has 7 nitrogen and oxygen atoms in total. The van der Waals surface area contributed by atoms with Gasteiger partial charge < -0.3 is 23.7 Å². The molecule has 1 aromatic rings. The summed E-state index contributed by atoms with van der Waals surface area (Å²) in [6, 6.07) is 2.06. The van der Waals surface area contributed by atoms with Gasteiger partial charge in [-0.1, -0.05) is 39.3 Å². The number of carbonyl (C=O) groups is 2. The van der Waals surface area contributed by atoms with Crippen LogP contribution in [0.25, 0.3) is 0 Å². The molecule has 0 amide bonds. The van der Waals surface area contributed by atoms with Crippen LogP contribution in [0.3, 0.4) is 0 Å². The summed E-state index contributed by atoms with van der Waals surface area (Å²) in [4.78, 5) is 24.5. The Kier molecular flexibility index (Phi) is 5.41. The van der Waals surface area contributed by atoms with Crippen LogP contribution in [0.5, 0.6) is 0 Å². The van der Waals surface area contributed by atoms with Crippen LogP contribution < -0.4 is 0 Å². The van der Waals surface area contributed by atoms with Crippen LogP contribution in [-0.2, 0) is 23.8 Å². The van der Waals surface area contributed by atoms with Crippen molar-refractivity contribution in [2.75, 3.05) is 6.61 Å². The van der Waals surface area contributed by atoms with Gasteiger partial charge in [0.2, 0.25) is 0 Å². The SMILES string of the molecule is CC(=O)O[C@H]1C[C@@H](OC(C)=O)[C@@]2(C)CO[C@@H]3C2[C@@]1(C)[C@H]1CC[C@]2(C)C(=CC[C@H]2c2ccoc2)[C@]1(C)[C@@H]3O. The van der Waals surface area contributed by atoms with Gasteiger partial charge in [0.05, 0.1) is 31.3 Å². The predicted octanol–water partition coefficient (Wildman–Crippen LogP) is 4.79. The number of aliphatic hydroxyl groups is 1. The zero-order chi connectivity index (χ0) is 26.5. The summed E-state index contributed by atoms with van der Waals surface area (Å²) < 4.78 is 23.9.